The molecule has 1 aliphatic heterocycles. The SMILES string of the molecule is CC(=O)c1cc(Cl)ccc1OCC1Cc2ccccc2O1. The van der Waals surface area contributed by atoms with Crippen molar-refractivity contribution in [2.75, 3.05) is 6.61 Å². The minimum Gasteiger partial charge on any atom is -0.489 e. The Hall–Kier alpha value is -2.00. The summed E-state index contributed by atoms with van der Waals surface area (Å²) in [5.74, 6) is 1.39. The van der Waals surface area contributed by atoms with Gasteiger partial charge in [0.2, 0.25) is 0 Å². The molecule has 0 amide bonds. The van der Waals surface area contributed by atoms with E-state index in [0.717, 1.165) is 12.2 Å². The highest BCUT2D eigenvalue weighted by Crippen LogP contribution is 2.29. The van der Waals surface area contributed by atoms with Crippen LogP contribution in [0, 0.1) is 0 Å². The van der Waals surface area contributed by atoms with E-state index in [-0.39, 0.29) is 11.9 Å². The molecule has 1 unspecified atom stereocenters. The van der Waals surface area contributed by atoms with Crippen LogP contribution in [0.25, 0.3) is 0 Å². The molecule has 3 rings (SSSR count). The molecule has 0 aliphatic carbocycles. The van der Waals surface area contributed by atoms with Gasteiger partial charge in [-0.05, 0) is 36.8 Å². The van der Waals surface area contributed by atoms with Crippen LogP contribution in [0.1, 0.15) is 22.8 Å². The minimum absolute atomic E-state index is 0.0297. The van der Waals surface area contributed by atoms with Gasteiger partial charge in [0, 0.05) is 11.4 Å². The summed E-state index contributed by atoms with van der Waals surface area (Å²) in [4.78, 5) is 11.6. The number of halogens is 1. The Morgan fingerprint density at radius 2 is 2.14 bits per heavy atom. The number of carbonyl (C=O) groups excluding carboxylic acids is 1. The van der Waals surface area contributed by atoms with E-state index in [1.165, 1.54) is 12.5 Å². The standard InChI is InChI=1S/C17H15ClO3/c1-11(19)15-9-13(18)6-7-17(15)20-10-14-8-12-4-2-3-5-16(12)21-14/h2-7,9,14H,8,10H2,1H3. The largest absolute Gasteiger partial charge is 0.489 e. The van der Waals surface area contributed by atoms with Crippen molar-refractivity contribution in [3.05, 3.63) is 58.6 Å². The zero-order valence-electron chi connectivity index (χ0n) is 11.6. The number of Topliss-reactive ketones (excluding diaryl/α,β-unsaturated/α-hetero) is 1. The number of benzene rings is 2. The number of hydrogen-bond acceptors (Lipinski definition) is 3. The lowest BCUT2D eigenvalue weighted by atomic mass is 10.1. The molecule has 1 aliphatic rings. The Morgan fingerprint density at radius 1 is 1.33 bits per heavy atom. The van der Waals surface area contributed by atoms with Crippen LogP contribution in [0.4, 0.5) is 0 Å². The Kier molecular flexibility index (Phi) is 3.84. The second-order valence-corrected chi connectivity index (χ2v) is 5.50. The van der Waals surface area contributed by atoms with Gasteiger partial charge in [0.15, 0.2) is 5.78 Å². The van der Waals surface area contributed by atoms with Gasteiger partial charge in [-0.1, -0.05) is 29.8 Å². The van der Waals surface area contributed by atoms with E-state index in [1.54, 1.807) is 18.2 Å². The smallest absolute Gasteiger partial charge is 0.163 e. The maximum Gasteiger partial charge on any atom is 0.163 e. The van der Waals surface area contributed by atoms with E-state index in [9.17, 15) is 4.79 Å². The van der Waals surface area contributed by atoms with Gasteiger partial charge in [0.25, 0.3) is 0 Å². The fraction of sp³-hybridized carbons (Fsp3) is 0.235. The fourth-order valence-corrected chi connectivity index (χ4v) is 2.60. The summed E-state index contributed by atoms with van der Waals surface area (Å²) in [5, 5.41) is 0.525. The maximum absolute atomic E-state index is 11.6. The topological polar surface area (TPSA) is 35.5 Å². The van der Waals surface area contributed by atoms with Crippen molar-refractivity contribution >= 4 is 17.4 Å². The molecule has 108 valence electrons. The second-order valence-electron chi connectivity index (χ2n) is 5.06. The van der Waals surface area contributed by atoms with Gasteiger partial charge < -0.3 is 9.47 Å². The predicted octanol–water partition coefficient (Wildman–Crippen LogP) is 3.93. The van der Waals surface area contributed by atoms with E-state index in [4.69, 9.17) is 21.1 Å². The van der Waals surface area contributed by atoms with Crippen LogP contribution in [0.5, 0.6) is 11.5 Å². The van der Waals surface area contributed by atoms with Crippen molar-refractivity contribution in [1.82, 2.24) is 0 Å². The van der Waals surface area contributed by atoms with Gasteiger partial charge >= 0.3 is 0 Å². The Labute approximate surface area is 128 Å². The third-order valence-electron chi connectivity index (χ3n) is 3.46. The van der Waals surface area contributed by atoms with Crippen molar-refractivity contribution < 1.29 is 14.3 Å². The number of ketones is 1. The van der Waals surface area contributed by atoms with Gasteiger partial charge in [0.05, 0.1) is 5.56 Å². The van der Waals surface area contributed by atoms with Gasteiger partial charge in [-0.25, -0.2) is 0 Å². The summed E-state index contributed by atoms with van der Waals surface area (Å²) < 4.78 is 11.6. The van der Waals surface area contributed by atoms with Crippen LogP contribution in [0.15, 0.2) is 42.5 Å². The van der Waals surface area contributed by atoms with Crippen LogP contribution in [-0.4, -0.2) is 18.5 Å². The monoisotopic (exact) mass is 302 g/mol. The molecular weight excluding hydrogens is 288 g/mol. The Balaban J connectivity index is 1.68. The average Bonchev–Trinajstić information content (AvgIpc) is 2.88. The molecule has 0 radical (unpaired) electrons. The first-order chi connectivity index (χ1) is 10.1. The summed E-state index contributed by atoms with van der Waals surface area (Å²) >= 11 is 5.92. The molecule has 1 atom stereocenters. The van der Waals surface area contributed by atoms with Crippen LogP contribution in [0.3, 0.4) is 0 Å². The van der Waals surface area contributed by atoms with Crippen LogP contribution in [-0.2, 0) is 6.42 Å². The second kappa shape index (κ2) is 5.78. The van der Waals surface area contributed by atoms with Crippen LogP contribution in [0.2, 0.25) is 5.02 Å². The first-order valence-electron chi connectivity index (χ1n) is 6.81. The van der Waals surface area contributed by atoms with E-state index in [0.29, 0.717) is 22.9 Å². The van der Waals surface area contributed by atoms with Gasteiger partial charge in [-0.15, -0.1) is 0 Å². The molecule has 0 aromatic heterocycles. The molecule has 2 aromatic carbocycles. The van der Waals surface area contributed by atoms with Gasteiger partial charge in [-0.2, -0.15) is 0 Å². The molecule has 2 aromatic rings. The minimum atomic E-state index is -0.0665. The summed E-state index contributed by atoms with van der Waals surface area (Å²) in [6.07, 6.45) is 0.789. The quantitative estimate of drug-likeness (QED) is 0.803. The normalized spacial score (nSPS) is 16.2. The molecule has 21 heavy (non-hydrogen) atoms. The van der Waals surface area contributed by atoms with Crippen molar-refractivity contribution in [3.8, 4) is 11.5 Å². The molecule has 0 saturated carbocycles. The zero-order valence-corrected chi connectivity index (χ0v) is 12.4. The molecule has 3 nitrogen and oxygen atoms in total. The van der Waals surface area contributed by atoms with E-state index >= 15 is 0 Å². The number of rotatable bonds is 4. The number of carbonyl (C=O) groups is 1. The van der Waals surface area contributed by atoms with Gasteiger partial charge in [0.1, 0.15) is 24.2 Å². The van der Waals surface area contributed by atoms with E-state index in [1.807, 2.05) is 18.2 Å². The Morgan fingerprint density at radius 3 is 2.90 bits per heavy atom. The molecule has 0 N–H and O–H groups in total. The lowest BCUT2D eigenvalue weighted by Crippen LogP contribution is -2.22. The fourth-order valence-electron chi connectivity index (χ4n) is 2.43. The highest BCUT2D eigenvalue weighted by molar-refractivity contribution is 6.31. The first-order valence-corrected chi connectivity index (χ1v) is 7.19. The van der Waals surface area contributed by atoms with Crippen molar-refractivity contribution in [2.45, 2.75) is 19.4 Å². The summed E-state index contributed by atoms with van der Waals surface area (Å²) in [6, 6.07) is 13.0. The zero-order chi connectivity index (χ0) is 14.8. The summed E-state index contributed by atoms with van der Waals surface area (Å²) in [6.45, 7) is 1.90. The molecule has 0 bridgehead atoms. The highest BCUT2D eigenvalue weighted by Gasteiger charge is 2.23. The first kappa shape index (κ1) is 14.0. The van der Waals surface area contributed by atoms with Crippen molar-refractivity contribution in [1.29, 1.82) is 0 Å². The number of ether oxygens (including phenoxy) is 2. The van der Waals surface area contributed by atoms with Crippen molar-refractivity contribution in [3.63, 3.8) is 0 Å². The average molecular weight is 303 g/mol. The van der Waals surface area contributed by atoms with Crippen LogP contribution < -0.4 is 9.47 Å². The molecular formula is C17H15ClO3. The molecule has 4 heteroatoms. The highest BCUT2D eigenvalue weighted by atomic mass is 35.5. The Bertz CT molecular complexity index is 656. The number of fused-ring (bicyclic) bond motifs is 1. The third kappa shape index (κ3) is 3.03. The number of hydrogen-bond donors (Lipinski definition) is 0. The predicted molar refractivity (Wildman–Crippen MR) is 81.5 cm³/mol. The maximum atomic E-state index is 11.6. The molecule has 0 fully saturated rings. The van der Waals surface area contributed by atoms with E-state index < -0.39 is 0 Å². The van der Waals surface area contributed by atoms with Gasteiger partial charge in [-0.3, -0.25) is 4.79 Å². The molecule has 1 heterocycles. The summed E-state index contributed by atoms with van der Waals surface area (Å²) in [5.41, 5.74) is 1.69. The molecule has 0 spiro atoms. The van der Waals surface area contributed by atoms with Crippen molar-refractivity contribution in [2.24, 2.45) is 0 Å². The number of para-hydroxylation sites is 1. The van der Waals surface area contributed by atoms with Crippen LogP contribution >= 0.6 is 11.6 Å². The molecule has 0 saturated heterocycles. The summed E-state index contributed by atoms with van der Waals surface area (Å²) in [7, 11) is 0. The lowest BCUT2D eigenvalue weighted by molar-refractivity contribution is 0.100. The van der Waals surface area contributed by atoms with E-state index in [2.05, 4.69) is 6.07 Å². The third-order valence-corrected chi connectivity index (χ3v) is 3.69. The lowest BCUT2D eigenvalue weighted by Gasteiger charge is -2.14.